The van der Waals surface area contributed by atoms with E-state index in [2.05, 4.69) is 42.5 Å². The maximum atomic E-state index is 12.1. The Balaban J connectivity index is 2.85. The van der Waals surface area contributed by atoms with E-state index in [1.165, 1.54) is 18.9 Å². The second kappa shape index (κ2) is 9.02. The highest BCUT2D eigenvalue weighted by Crippen LogP contribution is 2.32. The van der Waals surface area contributed by atoms with Crippen molar-refractivity contribution in [3.63, 3.8) is 0 Å². The quantitative estimate of drug-likeness (QED) is 0.513. The van der Waals surface area contributed by atoms with E-state index in [0.717, 1.165) is 42.4 Å². The molecular formula is C18H27N5O2S. The van der Waals surface area contributed by atoms with Gasteiger partial charge in [-0.2, -0.15) is 4.98 Å². The SMILES string of the molecule is CCN(CC)c1nc(N(CC)CC)c2nc(C(=O)OC)cc(SC)c2n1. The first-order chi connectivity index (χ1) is 12.5. The minimum atomic E-state index is -0.458. The number of thioether (sulfide) groups is 1. The summed E-state index contributed by atoms with van der Waals surface area (Å²) in [6, 6.07) is 1.74. The normalized spacial score (nSPS) is 10.8. The Labute approximate surface area is 159 Å². The zero-order valence-corrected chi connectivity index (χ0v) is 17.2. The van der Waals surface area contributed by atoms with Crippen LogP contribution in [-0.4, -0.2) is 60.5 Å². The number of hydrogen-bond acceptors (Lipinski definition) is 8. The Bertz CT molecular complexity index is 776. The van der Waals surface area contributed by atoms with Crippen LogP contribution in [0.2, 0.25) is 0 Å². The molecule has 2 heterocycles. The van der Waals surface area contributed by atoms with E-state index in [-0.39, 0.29) is 5.69 Å². The molecule has 8 heteroatoms. The van der Waals surface area contributed by atoms with Crippen molar-refractivity contribution in [2.24, 2.45) is 0 Å². The first kappa shape index (κ1) is 20.2. The first-order valence-corrected chi connectivity index (χ1v) is 10.1. The molecule has 0 saturated heterocycles. The molecule has 0 aliphatic heterocycles. The average molecular weight is 378 g/mol. The predicted octanol–water partition coefficient (Wildman–Crippen LogP) is 3.23. The number of ether oxygens (including phenoxy) is 1. The number of esters is 1. The fraction of sp³-hybridized carbons (Fsp3) is 0.556. The van der Waals surface area contributed by atoms with Crippen LogP contribution in [0.3, 0.4) is 0 Å². The van der Waals surface area contributed by atoms with Gasteiger partial charge >= 0.3 is 5.97 Å². The highest BCUT2D eigenvalue weighted by molar-refractivity contribution is 7.98. The Kier molecular flexibility index (Phi) is 7.02. The van der Waals surface area contributed by atoms with Crippen LogP contribution in [0.4, 0.5) is 11.8 Å². The van der Waals surface area contributed by atoms with Crippen molar-refractivity contribution in [2.45, 2.75) is 32.6 Å². The molecule has 0 radical (unpaired) electrons. The van der Waals surface area contributed by atoms with Gasteiger partial charge in [0.1, 0.15) is 16.7 Å². The first-order valence-electron chi connectivity index (χ1n) is 8.89. The van der Waals surface area contributed by atoms with Gasteiger partial charge in [-0.05, 0) is 40.0 Å². The molecular weight excluding hydrogens is 350 g/mol. The molecule has 142 valence electrons. The molecule has 0 atom stereocenters. The fourth-order valence-electron chi connectivity index (χ4n) is 2.81. The minimum Gasteiger partial charge on any atom is -0.464 e. The molecule has 0 amide bonds. The minimum absolute atomic E-state index is 0.275. The second-order valence-electron chi connectivity index (χ2n) is 5.59. The maximum absolute atomic E-state index is 12.1. The molecule has 2 aromatic heterocycles. The third kappa shape index (κ3) is 3.85. The van der Waals surface area contributed by atoms with Crippen LogP contribution in [0.15, 0.2) is 11.0 Å². The zero-order valence-electron chi connectivity index (χ0n) is 16.4. The van der Waals surface area contributed by atoms with Gasteiger partial charge < -0.3 is 14.5 Å². The fourth-order valence-corrected chi connectivity index (χ4v) is 3.37. The van der Waals surface area contributed by atoms with Gasteiger partial charge in [-0.15, -0.1) is 11.8 Å². The van der Waals surface area contributed by atoms with Crippen molar-refractivity contribution in [1.82, 2.24) is 15.0 Å². The molecule has 0 spiro atoms. The maximum Gasteiger partial charge on any atom is 0.356 e. The van der Waals surface area contributed by atoms with Crippen LogP contribution in [-0.2, 0) is 4.74 Å². The van der Waals surface area contributed by atoms with E-state index in [1.807, 2.05) is 6.26 Å². The van der Waals surface area contributed by atoms with Gasteiger partial charge in [0, 0.05) is 31.1 Å². The van der Waals surface area contributed by atoms with Crippen LogP contribution in [0.25, 0.3) is 11.0 Å². The number of nitrogens with zero attached hydrogens (tertiary/aromatic N) is 5. The third-order valence-electron chi connectivity index (χ3n) is 4.31. The molecule has 2 aromatic rings. The Morgan fingerprint density at radius 2 is 1.62 bits per heavy atom. The smallest absolute Gasteiger partial charge is 0.356 e. The Morgan fingerprint density at radius 3 is 2.12 bits per heavy atom. The summed E-state index contributed by atoms with van der Waals surface area (Å²) in [5, 5.41) is 0. The van der Waals surface area contributed by atoms with Gasteiger partial charge in [-0.1, -0.05) is 0 Å². The number of carbonyl (C=O) groups is 1. The molecule has 2 rings (SSSR count). The van der Waals surface area contributed by atoms with Gasteiger partial charge in [0.2, 0.25) is 5.95 Å². The van der Waals surface area contributed by atoms with Gasteiger partial charge in [0.05, 0.1) is 7.11 Å². The van der Waals surface area contributed by atoms with Gasteiger partial charge in [-0.25, -0.2) is 14.8 Å². The molecule has 0 aliphatic rings. The largest absolute Gasteiger partial charge is 0.464 e. The molecule has 0 aromatic carbocycles. The summed E-state index contributed by atoms with van der Waals surface area (Å²) in [4.78, 5) is 31.3. The lowest BCUT2D eigenvalue weighted by Crippen LogP contribution is -2.28. The predicted molar refractivity (Wildman–Crippen MR) is 108 cm³/mol. The van der Waals surface area contributed by atoms with E-state index >= 15 is 0 Å². The zero-order chi connectivity index (χ0) is 19.3. The van der Waals surface area contributed by atoms with Crippen molar-refractivity contribution < 1.29 is 9.53 Å². The summed E-state index contributed by atoms with van der Waals surface area (Å²) in [7, 11) is 1.36. The van der Waals surface area contributed by atoms with Crippen LogP contribution in [0.1, 0.15) is 38.2 Å². The number of pyridine rings is 1. The van der Waals surface area contributed by atoms with E-state index in [9.17, 15) is 4.79 Å². The van der Waals surface area contributed by atoms with Crippen molar-refractivity contribution in [2.75, 3.05) is 49.3 Å². The van der Waals surface area contributed by atoms with Crippen molar-refractivity contribution >= 4 is 40.5 Å². The highest BCUT2D eigenvalue weighted by Gasteiger charge is 2.21. The summed E-state index contributed by atoms with van der Waals surface area (Å²) in [5.74, 6) is 0.982. The van der Waals surface area contributed by atoms with E-state index in [4.69, 9.17) is 14.7 Å². The molecule has 0 aliphatic carbocycles. The standard InChI is InChI=1S/C18H27N5O2S/c1-7-22(8-2)16-15-14(20-18(21-16)23(9-3)10-4)13(26-6)11-12(19-15)17(24)25-5/h11H,7-10H2,1-6H3. The Morgan fingerprint density at radius 1 is 1.00 bits per heavy atom. The molecule has 26 heavy (non-hydrogen) atoms. The number of fused-ring (bicyclic) bond motifs is 1. The number of carbonyl (C=O) groups excluding carboxylic acids is 1. The van der Waals surface area contributed by atoms with Crippen molar-refractivity contribution in [1.29, 1.82) is 0 Å². The summed E-state index contributed by atoms with van der Waals surface area (Å²) < 4.78 is 4.86. The van der Waals surface area contributed by atoms with Gasteiger partial charge in [0.25, 0.3) is 0 Å². The van der Waals surface area contributed by atoms with Crippen LogP contribution < -0.4 is 9.80 Å². The Hall–Kier alpha value is -2.09. The van der Waals surface area contributed by atoms with Crippen molar-refractivity contribution in [3.05, 3.63) is 11.8 Å². The summed E-state index contributed by atoms with van der Waals surface area (Å²) >= 11 is 1.54. The molecule has 0 fully saturated rings. The summed E-state index contributed by atoms with van der Waals surface area (Å²) in [5.41, 5.74) is 1.68. The summed E-state index contributed by atoms with van der Waals surface area (Å²) in [6.07, 6.45) is 1.96. The van der Waals surface area contributed by atoms with Crippen molar-refractivity contribution in [3.8, 4) is 0 Å². The second-order valence-corrected chi connectivity index (χ2v) is 6.44. The average Bonchev–Trinajstić information content (AvgIpc) is 2.68. The number of hydrogen-bond donors (Lipinski definition) is 0. The topological polar surface area (TPSA) is 71.5 Å². The number of aromatic nitrogens is 3. The van der Waals surface area contributed by atoms with E-state index < -0.39 is 5.97 Å². The summed E-state index contributed by atoms with van der Waals surface area (Å²) in [6.45, 7) is 11.6. The van der Waals surface area contributed by atoms with Crippen LogP contribution >= 0.6 is 11.8 Å². The van der Waals surface area contributed by atoms with Gasteiger partial charge in [-0.3, -0.25) is 0 Å². The molecule has 7 nitrogen and oxygen atoms in total. The molecule has 0 unspecified atom stereocenters. The number of rotatable bonds is 8. The van der Waals surface area contributed by atoms with E-state index in [1.54, 1.807) is 6.07 Å². The lowest BCUT2D eigenvalue weighted by Gasteiger charge is -2.25. The van der Waals surface area contributed by atoms with Crippen LogP contribution in [0, 0.1) is 0 Å². The monoisotopic (exact) mass is 377 g/mol. The molecule has 0 saturated carbocycles. The number of anilines is 2. The molecule has 0 N–H and O–H groups in total. The van der Waals surface area contributed by atoms with Gasteiger partial charge in [0.15, 0.2) is 5.82 Å². The highest BCUT2D eigenvalue weighted by atomic mass is 32.2. The third-order valence-corrected chi connectivity index (χ3v) is 5.06. The molecule has 0 bridgehead atoms. The lowest BCUT2D eigenvalue weighted by atomic mass is 10.2. The van der Waals surface area contributed by atoms with Crippen LogP contribution in [0.5, 0.6) is 0 Å². The number of methoxy groups -OCH3 is 1. The lowest BCUT2D eigenvalue weighted by molar-refractivity contribution is 0.0594. The van der Waals surface area contributed by atoms with E-state index in [0.29, 0.717) is 11.5 Å².